The quantitative estimate of drug-likeness (QED) is 0.387. The van der Waals surface area contributed by atoms with Gasteiger partial charge in [-0.05, 0) is 42.5 Å². The predicted molar refractivity (Wildman–Crippen MR) is 116 cm³/mol. The second-order valence-electron chi connectivity index (χ2n) is 8.84. The molecule has 0 aliphatic heterocycles. The molecule has 0 spiro atoms. The Morgan fingerprint density at radius 1 is 0.967 bits per heavy atom. The third kappa shape index (κ3) is 3.56. The summed E-state index contributed by atoms with van der Waals surface area (Å²) in [6.07, 6.45) is 0.951. The topological polar surface area (TPSA) is 86.7 Å². The van der Waals surface area contributed by atoms with Crippen LogP contribution in [-0.4, -0.2) is 42.6 Å². The molecule has 0 radical (unpaired) electrons. The summed E-state index contributed by atoms with van der Waals surface area (Å²) in [7, 11) is -3.15. The minimum atomic E-state index is -3.89. The number of sulfone groups is 1. The molecule has 6 nitrogen and oxygen atoms in total. The van der Waals surface area contributed by atoms with E-state index in [-0.39, 0.29) is 22.6 Å². The molecule has 0 bridgehead atoms. The van der Waals surface area contributed by atoms with E-state index in [4.69, 9.17) is 9.47 Å². The van der Waals surface area contributed by atoms with Crippen LogP contribution in [0.15, 0.2) is 56.5 Å². The van der Waals surface area contributed by atoms with Crippen LogP contribution >= 0.6 is 0 Å². The lowest BCUT2D eigenvalue weighted by Gasteiger charge is -2.36. The van der Waals surface area contributed by atoms with Crippen LogP contribution in [-0.2, 0) is 28.9 Å². The van der Waals surface area contributed by atoms with Gasteiger partial charge in [0, 0.05) is 6.42 Å². The molecule has 0 saturated heterocycles. The second kappa shape index (κ2) is 7.81. The van der Waals surface area contributed by atoms with Gasteiger partial charge in [-0.15, -0.1) is 0 Å². The zero-order valence-corrected chi connectivity index (χ0v) is 19.9. The molecule has 162 valence electrons. The van der Waals surface area contributed by atoms with Gasteiger partial charge >= 0.3 is 11.9 Å². The van der Waals surface area contributed by atoms with Crippen LogP contribution in [0.3, 0.4) is 0 Å². The lowest BCUT2D eigenvalue weighted by atomic mass is 9.80. The minimum absolute atomic E-state index is 0.138. The third-order valence-corrected chi connectivity index (χ3v) is 10.3. The summed E-state index contributed by atoms with van der Waals surface area (Å²) in [6, 6.07) is 8.14. The van der Waals surface area contributed by atoms with Gasteiger partial charge in [0.2, 0.25) is 9.84 Å². The molecule has 2 aliphatic carbocycles. The standard InChI is InChI=1S/C22H28O6SSi/c1-27-20(23)22(21(24)28-2)12-11-16-17(13-19(16)30(3,4)5)18(14-22)29(25,26)15-9-7-6-8-10-15/h6-10H,11-14H2,1-5H3. The molecule has 0 heterocycles. The average molecular weight is 449 g/mol. The molecule has 0 atom stereocenters. The highest BCUT2D eigenvalue weighted by atomic mass is 32.2. The van der Waals surface area contributed by atoms with E-state index in [9.17, 15) is 18.0 Å². The zero-order valence-electron chi connectivity index (χ0n) is 18.1. The van der Waals surface area contributed by atoms with Crippen LogP contribution in [0.5, 0.6) is 0 Å². The molecule has 2 aliphatic rings. The normalized spacial score (nSPS) is 18.8. The van der Waals surface area contributed by atoms with Gasteiger partial charge in [0.05, 0.1) is 32.1 Å². The Labute approximate surface area is 178 Å². The highest BCUT2D eigenvalue weighted by Gasteiger charge is 2.54. The fourth-order valence-corrected chi connectivity index (χ4v) is 8.03. The molecule has 0 aromatic heterocycles. The number of carbonyl (C=O) groups is 2. The summed E-state index contributed by atoms with van der Waals surface area (Å²) in [6.45, 7) is 6.66. The van der Waals surface area contributed by atoms with Gasteiger partial charge in [-0.2, -0.15) is 0 Å². The van der Waals surface area contributed by atoms with Crippen molar-refractivity contribution >= 4 is 29.8 Å². The number of hydrogen-bond donors (Lipinski definition) is 0. The Kier molecular flexibility index (Phi) is 5.86. The number of methoxy groups -OCH3 is 2. The van der Waals surface area contributed by atoms with Crippen molar-refractivity contribution in [3.05, 3.63) is 51.6 Å². The lowest BCUT2D eigenvalue weighted by Crippen LogP contribution is -2.41. The summed E-state index contributed by atoms with van der Waals surface area (Å²) in [4.78, 5) is 25.9. The average Bonchev–Trinajstić information content (AvgIpc) is 2.81. The van der Waals surface area contributed by atoms with Crippen molar-refractivity contribution in [1.29, 1.82) is 0 Å². The van der Waals surface area contributed by atoms with Gasteiger partial charge in [-0.1, -0.05) is 43.0 Å². The van der Waals surface area contributed by atoms with Crippen LogP contribution in [0.25, 0.3) is 0 Å². The molecule has 0 saturated carbocycles. The molecule has 1 aromatic carbocycles. The summed E-state index contributed by atoms with van der Waals surface area (Å²) < 4.78 is 37.2. The van der Waals surface area contributed by atoms with E-state index in [0.717, 1.165) is 11.1 Å². The number of benzene rings is 1. The first-order valence-electron chi connectivity index (χ1n) is 9.91. The first-order chi connectivity index (χ1) is 14.0. The van der Waals surface area contributed by atoms with Crippen molar-refractivity contribution in [3.8, 4) is 0 Å². The second-order valence-corrected chi connectivity index (χ2v) is 15.9. The van der Waals surface area contributed by atoms with Gasteiger partial charge in [0.1, 0.15) is 0 Å². The van der Waals surface area contributed by atoms with Crippen LogP contribution < -0.4 is 0 Å². The van der Waals surface area contributed by atoms with Crippen LogP contribution in [0, 0.1) is 5.41 Å². The molecule has 3 rings (SSSR count). The Balaban J connectivity index is 2.27. The number of allylic oxidation sites excluding steroid dienone is 4. The van der Waals surface area contributed by atoms with Crippen molar-refractivity contribution in [3.63, 3.8) is 0 Å². The molecule has 0 unspecified atom stereocenters. The van der Waals surface area contributed by atoms with Gasteiger partial charge < -0.3 is 9.47 Å². The number of rotatable bonds is 5. The maximum absolute atomic E-state index is 13.6. The predicted octanol–water partition coefficient (Wildman–Crippen LogP) is 3.81. The van der Waals surface area contributed by atoms with Gasteiger partial charge in [-0.3, -0.25) is 9.59 Å². The summed E-state index contributed by atoms with van der Waals surface area (Å²) in [5, 5.41) is 1.30. The van der Waals surface area contributed by atoms with Crippen molar-refractivity contribution < 1.29 is 27.5 Å². The van der Waals surface area contributed by atoms with E-state index < -0.39 is 35.3 Å². The lowest BCUT2D eigenvalue weighted by molar-refractivity contribution is -0.169. The van der Waals surface area contributed by atoms with Crippen LogP contribution in [0.4, 0.5) is 0 Å². The van der Waals surface area contributed by atoms with E-state index >= 15 is 0 Å². The zero-order chi connectivity index (χ0) is 22.3. The Morgan fingerprint density at radius 2 is 1.53 bits per heavy atom. The largest absolute Gasteiger partial charge is 0.468 e. The van der Waals surface area contributed by atoms with Crippen molar-refractivity contribution in [2.75, 3.05) is 14.2 Å². The number of esters is 2. The van der Waals surface area contributed by atoms with E-state index in [1.807, 2.05) is 0 Å². The van der Waals surface area contributed by atoms with Gasteiger partial charge in [0.25, 0.3) is 0 Å². The Morgan fingerprint density at radius 3 is 2.03 bits per heavy atom. The van der Waals surface area contributed by atoms with Gasteiger partial charge in [0.15, 0.2) is 5.41 Å². The molecule has 30 heavy (non-hydrogen) atoms. The van der Waals surface area contributed by atoms with E-state index in [1.165, 1.54) is 31.5 Å². The molecule has 0 amide bonds. The molecule has 8 heteroatoms. The third-order valence-electron chi connectivity index (χ3n) is 6.12. The summed E-state index contributed by atoms with van der Waals surface area (Å²) in [5.74, 6) is -1.51. The molecular weight excluding hydrogens is 420 g/mol. The van der Waals surface area contributed by atoms with Crippen LogP contribution in [0.1, 0.15) is 25.7 Å². The van der Waals surface area contributed by atoms with Gasteiger partial charge in [-0.25, -0.2) is 8.42 Å². The monoisotopic (exact) mass is 448 g/mol. The molecule has 0 fully saturated rings. The van der Waals surface area contributed by atoms with Crippen molar-refractivity contribution in [2.24, 2.45) is 5.41 Å². The SMILES string of the molecule is COC(=O)C1(C(=O)OC)CCC2=C([Si](C)(C)C)CC2=C(S(=O)(=O)c2ccccc2)C1. The molecular formula is C22H28O6SSi. The van der Waals surface area contributed by atoms with Crippen molar-refractivity contribution in [1.82, 2.24) is 0 Å². The fraction of sp³-hybridized carbons (Fsp3) is 0.455. The highest BCUT2D eigenvalue weighted by Crippen LogP contribution is 2.52. The number of carbonyl (C=O) groups excluding carboxylic acids is 2. The summed E-state index contributed by atoms with van der Waals surface area (Å²) in [5.41, 5.74) is 0.0760. The highest BCUT2D eigenvalue weighted by molar-refractivity contribution is 7.95. The van der Waals surface area contributed by atoms with E-state index in [2.05, 4.69) is 19.6 Å². The van der Waals surface area contributed by atoms with E-state index in [1.54, 1.807) is 18.2 Å². The first kappa shape index (κ1) is 22.5. The molecule has 1 aromatic rings. The number of ether oxygens (including phenoxy) is 2. The smallest absolute Gasteiger partial charge is 0.323 e. The number of hydrogen-bond acceptors (Lipinski definition) is 6. The minimum Gasteiger partial charge on any atom is -0.468 e. The fourth-order valence-electron chi connectivity index (χ4n) is 4.38. The van der Waals surface area contributed by atoms with Crippen LogP contribution in [0.2, 0.25) is 19.6 Å². The maximum atomic E-state index is 13.6. The Bertz CT molecular complexity index is 1030. The Hall–Kier alpha value is -2.19. The maximum Gasteiger partial charge on any atom is 0.323 e. The first-order valence-corrected chi connectivity index (χ1v) is 14.9. The molecule has 0 N–H and O–H groups in total. The number of fused-ring (bicyclic) bond motifs is 1. The van der Waals surface area contributed by atoms with Crippen molar-refractivity contribution in [2.45, 2.75) is 50.2 Å². The van der Waals surface area contributed by atoms with E-state index in [0.29, 0.717) is 12.8 Å². The summed E-state index contributed by atoms with van der Waals surface area (Å²) >= 11 is 0.